The van der Waals surface area contributed by atoms with E-state index >= 15 is 0 Å². The highest BCUT2D eigenvalue weighted by molar-refractivity contribution is 9.09. The molecule has 1 aliphatic rings. The van der Waals surface area contributed by atoms with Gasteiger partial charge in [-0.1, -0.05) is 22.4 Å². The molecule has 0 bridgehead atoms. The van der Waals surface area contributed by atoms with Crippen LogP contribution < -0.4 is 0 Å². The molecule has 14 heavy (non-hydrogen) atoms. The third-order valence-electron chi connectivity index (χ3n) is 2.84. The molecule has 0 heterocycles. The van der Waals surface area contributed by atoms with Crippen molar-refractivity contribution in [1.82, 2.24) is 0 Å². The lowest BCUT2D eigenvalue weighted by atomic mass is 10.1. The summed E-state index contributed by atoms with van der Waals surface area (Å²) in [6.07, 6.45) is 6.32. The van der Waals surface area contributed by atoms with Gasteiger partial charge in [0.05, 0.1) is 0 Å². The summed E-state index contributed by atoms with van der Waals surface area (Å²) < 4.78 is 10.5. The molecule has 0 aromatic rings. The van der Waals surface area contributed by atoms with Crippen molar-refractivity contribution >= 4 is 15.9 Å². The molecule has 0 spiro atoms. The predicted molar refractivity (Wildman–Crippen MR) is 62.0 cm³/mol. The summed E-state index contributed by atoms with van der Waals surface area (Å²) in [6.45, 7) is 2.56. The van der Waals surface area contributed by atoms with Crippen LogP contribution in [0.5, 0.6) is 0 Å². The first kappa shape index (κ1) is 12.5. The smallest absolute Gasteiger partial charge is 0.0487 e. The highest BCUT2D eigenvalue weighted by Gasteiger charge is 2.23. The van der Waals surface area contributed by atoms with Crippen LogP contribution in [0.3, 0.4) is 0 Å². The molecule has 0 N–H and O–H groups in total. The zero-order chi connectivity index (χ0) is 10.2. The van der Waals surface area contributed by atoms with E-state index in [1.54, 1.807) is 7.11 Å². The summed E-state index contributed by atoms with van der Waals surface area (Å²) in [6, 6.07) is 0. The van der Waals surface area contributed by atoms with E-state index in [0.717, 1.165) is 37.0 Å². The van der Waals surface area contributed by atoms with E-state index in [1.807, 2.05) is 0 Å². The van der Waals surface area contributed by atoms with Crippen molar-refractivity contribution in [2.24, 2.45) is 5.92 Å². The molecule has 84 valence electrons. The standard InChI is InChI=1S/C11H21BrO2/c1-13-7-3-8-14-9-6-10-4-2-5-11(10)12/h10-11H,2-9H2,1H3. The van der Waals surface area contributed by atoms with Gasteiger partial charge < -0.3 is 9.47 Å². The molecular weight excluding hydrogens is 244 g/mol. The minimum absolute atomic E-state index is 0.741. The Morgan fingerprint density at radius 3 is 2.71 bits per heavy atom. The van der Waals surface area contributed by atoms with Crippen molar-refractivity contribution in [2.45, 2.75) is 36.9 Å². The van der Waals surface area contributed by atoms with Gasteiger partial charge in [0, 0.05) is 31.8 Å². The second-order valence-electron chi connectivity index (χ2n) is 3.95. The molecule has 2 unspecified atom stereocenters. The first-order chi connectivity index (χ1) is 6.84. The van der Waals surface area contributed by atoms with Crippen molar-refractivity contribution < 1.29 is 9.47 Å². The number of alkyl halides is 1. The fourth-order valence-corrected chi connectivity index (χ4v) is 2.81. The van der Waals surface area contributed by atoms with Gasteiger partial charge in [-0.15, -0.1) is 0 Å². The van der Waals surface area contributed by atoms with E-state index < -0.39 is 0 Å². The Morgan fingerprint density at radius 1 is 1.21 bits per heavy atom. The van der Waals surface area contributed by atoms with E-state index in [2.05, 4.69) is 15.9 Å². The molecule has 1 fully saturated rings. The van der Waals surface area contributed by atoms with Crippen LogP contribution in [0.4, 0.5) is 0 Å². The molecule has 3 heteroatoms. The first-order valence-corrected chi connectivity index (χ1v) is 6.47. The molecule has 1 aliphatic carbocycles. The average molecular weight is 265 g/mol. The lowest BCUT2D eigenvalue weighted by Crippen LogP contribution is -2.10. The lowest BCUT2D eigenvalue weighted by Gasteiger charge is -2.13. The Morgan fingerprint density at radius 2 is 2.07 bits per heavy atom. The molecule has 0 aromatic heterocycles. The lowest BCUT2D eigenvalue weighted by molar-refractivity contribution is 0.0945. The molecular formula is C11H21BrO2. The second kappa shape index (κ2) is 7.66. The Bertz CT molecular complexity index is 141. The monoisotopic (exact) mass is 264 g/mol. The van der Waals surface area contributed by atoms with Gasteiger partial charge in [-0.25, -0.2) is 0 Å². The van der Waals surface area contributed by atoms with Crippen molar-refractivity contribution in [2.75, 3.05) is 26.9 Å². The summed E-state index contributed by atoms with van der Waals surface area (Å²) in [7, 11) is 1.73. The fourth-order valence-electron chi connectivity index (χ4n) is 1.96. The molecule has 0 amide bonds. The van der Waals surface area contributed by atoms with Crippen LogP contribution in [0.25, 0.3) is 0 Å². The van der Waals surface area contributed by atoms with E-state index in [-0.39, 0.29) is 0 Å². The van der Waals surface area contributed by atoms with Crippen LogP contribution >= 0.6 is 15.9 Å². The van der Waals surface area contributed by atoms with Crippen molar-refractivity contribution in [3.63, 3.8) is 0 Å². The van der Waals surface area contributed by atoms with Crippen LogP contribution in [0.1, 0.15) is 32.1 Å². The third-order valence-corrected chi connectivity index (χ3v) is 4.04. The van der Waals surface area contributed by atoms with Crippen LogP contribution in [0.2, 0.25) is 0 Å². The van der Waals surface area contributed by atoms with Crippen molar-refractivity contribution in [3.05, 3.63) is 0 Å². The van der Waals surface area contributed by atoms with E-state index in [9.17, 15) is 0 Å². The Hall–Kier alpha value is 0.400. The summed E-state index contributed by atoms with van der Waals surface area (Å²) in [4.78, 5) is 0.741. The molecule has 0 aromatic carbocycles. The maximum atomic E-state index is 5.55. The molecule has 0 aliphatic heterocycles. The molecule has 2 nitrogen and oxygen atoms in total. The SMILES string of the molecule is COCCCOCCC1CCCC1Br. The van der Waals surface area contributed by atoms with Gasteiger partial charge in [-0.3, -0.25) is 0 Å². The molecule has 0 saturated heterocycles. The summed E-state index contributed by atoms with van der Waals surface area (Å²) in [5.74, 6) is 0.845. The van der Waals surface area contributed by atoms with E-state index in [1.165, 1.54) is 25.7 Å². The van der Waals surface area contributed by atoms with Gasteiger partial charge in [-0.05, 0) is 31.6 Å². The molecule has 1 rings (SSSR count). The van der Waals surface area contributed by atoms with Crippen LogP contribution in [0, 0.1) is 5.92 Å². The summed E-state index contributed by atoms with van der Waals surface area (Å²) in [5, 5.41) is 0. The number of hydrogen-bond donors (Lipinski definition) is 0. The predicted octanol–water partition coefficient (Wildman–Crippen LogP) is 2.99. The number of methoxy groups -OCH3 is 1. The van der Waals surface area contributed by atoms with Crippen LogP contribution in [-0.4, -0.2) is 31.8 Å². The topological polar surface area (TPSA) is 18.5 Å². The summed E-state index contributed by atoms with van der Waals surface area (Å²) >= 11 is 3.72. The van der Waals surface area contributed by atoms with Gasteiger partial charge in [0.2, 0.25) is 0 Å². The number of rotatable bonds is 7. The minimum Gasteiger partial charge on any atom is -0.385 e. The van der Waals surface area contributed by atoms with Gasteiger partial charge in [-0.2, -0.15) is 0 Å². The van der Waals surface area contributed by atoms with E-state index in [4.69, 9.17) is 9.47 Å². The average Bonchev–Trinajstić information content (AvgIpc) is 2.58. The van der Waals surface area contributed by atoms with Gasteiger partial charge in [0.1, 0.15) is 0 Å². The van der Waals surface area contributed by atoms with Crippen molar-refractivity contribution in [1.29, 1.82) is 0 Å². The second-order valence-corrected chi connectivity index (χ2v) is 5.13. The van der Waals surface area contributed by atoms with Gasteiger partial charge in [0.25, 0.3) is 0 Å². The maximum absolute atomic E-state index is 5.55. The zero-order valence-corrected chi connectivity index (χ0v) is 10.6. The zero-order valence-electron chi connectivity index (χ0n) is 9.01. The number of halogens is 1. The highest BCUT2D eigenvalue weighted by atomic mass is 79.9. The molecule has 1 saturated carbocycles. The van der Waals surface area contributed by atoms with Gasteiger partial charge in [0.15, 0.2) is 0 Å². The first-order valence-electron chi connectivity index (χ1n) is 5.55. The van der Waals surface area contributed by atoms with Crippen LogP contribution in [0.15, 0.2) is 0 Å². The highest BCUT2D eigenvalue weighted by Crippen LogP contribution is 2.33. The molecule has 2 atom stereocenters. The van der Waals surface area contributed by atoms with Crippen molar-refractivity contribution in [3.8, 4) is 0 Å². The Kier molecular flexibility index (Phi) is 6.82. The Labute approximate surface area is 95.5 Å². The van der Waals surface area contributed by atoms with Crippen LogP contribution in [-0.2, 0) is 9.47 Å². The normalized spacial score (nSPS) is 27.0. The molecule has 0 radical (unpaired) electrons. The Balaban J connectivity index is 1.88. The fraction of sp³-hybridized carbons (Fsp3) is 1.00. The number of ether oxygens (including phenoxy) is 2. The minimum atomic E-state index is 0.741. The quantitative estimate of drug-likeness (QED) is 0.520. The van der Waals surface area contributed by atoms with Gasteiger partial charge >= 0.3 is 0 Å². The number of hydrogen-bond acceptors (Lipinski definition) is 2. The maximum Gasteiger partial charge on any atom is 0.0487 e. The summed E-state index contributed by atoms with van der Waals surface area (Å²) in [5.41, 5.74) is 0. The third kappa shape index (κ3) is 4.76. The van der Waals surface area contributed by atoms with E-state index in [0.29, 0.717) is 0 Å². The largest absolute Gasteiger partial charge is 0.385 e.